The van der Waals surface area contributed by atoms with Gasteiger partial charge in [-0.1, -0.05) is 49.4 Å². The highest BCUT2D eigenvalue weighted by Gasteiger charge is 2.31. The predicted molar refractivity (Wildman–Crippen MR) is 110 cm³/mol. The third-order valence-corrected chi connectivity index (χ3v) is 7.18. The van der Waals surface area contributed by atoms with Crippen LogP contribution in [0.1, 0.15) is 24.8 Å². The molecular weight excluding hydrogens is 393 g/mol. The predicted octanol–water partition coefficient (Wildman–Crippen LogP) is 3.04. The second kappa shape index (κ2) is 9.37. The van der Waals surface area contributed by atoms with Gasteiger partial charge in [-0.25, -0.2) is 17.6 Å². The third kappa shape index (κ3) is 4.94. The van der Waals surface area contributed by atoms with Gasteiger partial charge in [-0.3, -0.25) is 0 Å². The van der Waals surface area contributed by atoms with E-state index in [-0.39, 0.29) is 43.0 Å². The van der Waals surface area contributed by atoms with Crippen LogP contribution in [0.15, 0.2) is 59.5 Å². The second-order valence-electron chi connectivity index (χ2n) is 7.02. The quantitative estimate of drug-likeness (QED) is 0.783. The minimum atomic E-state index is -3.91. The number of amides is 2. The number of benzene rings is 2. The summed E-state index contributed by atoms with van der Waals surface area (Å²) >= 11 is 0. The first kappa shape index (κ1) is 21.3. The highest BCUT2D eigenvalue weighted by Crippen LogP contribution is 2.21. The Balaban J connectivity index is 1.55. The number of nitrogens with zero attached hydrogens (tertiary/aromatic N) is 2. The van der Waals surface area contributed by atoms with E-state index in [1.807, 2.05) is 30.3 Å². The molecule has 29 heavy (non-hydrogen) atoms. The lowest BCUT2D eigenvalue weighted by atomic mass is 9.97. The van der Waals surface area contributed by atoms with Crippen LogP contribution in [-0.4, -0.2) is 56.4 Å². The molecule has 2 aromatic rings. The molecule has 2 aromatic carbocycles. The van der Waals surface area contributed by atoms with Crippen LogP contribution >= 0.6 is 0 Å². The molecule has 1 aliphatic rings. The summed E-state index contributed by atoms with van der Waals surface area (Å²) in [6.07, 6.45) is 0.902. The fraction of sp³-hybridized carbons (Fsp3) is 0.381. The molecule has 1 aliphatic heterocycles. The van der Waals surface area contributed by atoms with Gasteiger partial charge in [0, 0.05) is 38.6 Å². The molecule has 1 heterocycles. The standard InChI is InChI=1S/C21H26FN3O3S/c1-2-17(18-8-4-3-5-9-18)16-23-21(26)24-12-14-25(15-13-24)29(27,28)20-11-7-6-10-19(20)22/h3-11,17H,2,12-16H2,1H3,(H,23,26)/t17-/m0/s1. The van der Waals surface area contributed by atoms with Gasteiger partial charge in [-0.05, 0) is 24.1 Å². The molecule has 8 heteroatoms. The van der Waals surface area contributed by atoms with Crippen molar-refractivity contribution in [2.24, 2.45) is 0 Å². The van der Waals surface area contributed by atoms with Crippen LogP contribution in [0.4, 0.5) is 9.18 Å². The Morgan fingerprint density at radius 3 is 2.28 bits per heavy atom. The molecular formula is C21H26FN3O3S. The summed E-state index contributed by atoms with van der Waals surface area (Å²) in [5, 5.41) is 2.96. The normalized spacial score (nSPS) is 16.4. The van der Waals surface area contributed by atoms with Crippen molar-refractivity contribution in [1.82, 2.24) is 14.5 Å². The van der Waals surface area contributed by atoms with E-state index in [9.17, 15) is 17.6 Å². The van der Waals surface area contributed by atoms with Gasteiger partial charge >= 0.3 is 6.03 Å². The Morgan fingerprint density at radius 1 is 1.03 bits per heavy atom. The Labute approximate surface area is 171 Å². The van der Waals surface area contributed by atoms with Crippen molar-refractivity contribution in [1.29, 1.82) is 0 Å². The van der Waals surface area contributed by atoms with Crippen molar-refractivity contribution < 1.29 is 17.6 Å². The van der Waals surface area contributed by atoms with Crippen molar-refractivity contribution in [3.8, 4) is 0 Å². The van der Waals surface area contributed by atoms with Crippen LogP contribution in [0.5, 0.6) is 0 Å². The Hall–Kier alpha value is -2.45. The lowest BCUT2D eigenvalue weighted by molar-refractivity contribution is 0.171. The van der Waals surface area contributed by atoms with E-state index in [0.29, 0.717) is 6.54 Å². The average Bonchev–Trinajstić information content (AvgIpc) is 2.75. The maximum atomic E-state index is 13.9. The van der Waals surface area contributed by atoms with Gasteiger partial charge in [-0.15, -0.1) is 0 Å². The van der Waals surface area contributed by atoms with Gasteiger partial charge in [0.2, 0.25) is 10.0 Å². The molecule has 2 amide bonds. The summed E-state index contributed by atoms with van der Waals surface area (Å²) in [5.74, 6) is -0.540. The largest absolute Gasteiger partial charge is 0.337 e. The first-order valence-electron chi connectivity index (χ1n) is 9.76. The van der Waals surface area contributed by atoms with Crippen LogP contribution in [0.25, 0.3) is 0 Å². The van der Waals surface area contributed by atoms with E-state index in [2.05, 4.69) is 12.2 Å². The summed E-state index contributed by atoms with van der Waals surface area (Å²) in [5.41, 5.74) is 1.18. The van der Waals surface area contributed by atoms with Gasteiger partial charge in [0.05, 0.1) is 0 Å². The minimum Gasteiger partial charge on any atom is -0.337 e. The fourth-order valence-corrected chi connectivity index (χ4v) is 4.96. The van der Waals surface area contributed by atoms with Gasteiger partial charge in [0.15, 0.2) is 0 Å². The molecule has 0 radical (unpaired) electrons. The summed E-state index contributed by atoms with van der Waals surface area (Å²) < 4.78 is 40.5. The van der Waals surface area contributed by atoms with Crippen molar-refractivity contribution in [3.63, 3.8) is 0 Å². The molecule has 1 fully saturated rings. The number of rotatable bonds is 6. The highest BCUT2D eigenvalue weighted by atomic mass is 32.2. The van der Waals surface area contributed by atoms with Crippen LogP contribution in [0, 0.1) is 5.82 Å². The molecule has 0 aliphatic carbocycles. The van der Waals surface area contributed by atoms with Crippen LogP contribution in [-0.2, 0) is 10.0 Å². The van der Waals surface area contributed by atoms with Crippen LogP contribution in [0.3, 0.4) is 0 Å². The molecule has 0 bridgehead atoms. The third-order valence-electron chi connectivity index (χ3n) is 5.24. The number of nitrogens with one attached hydrogen (secondary N) is 1. The minimum absolute atomic E-state index is 0.139. The smallest absolute Gasteiger partial charge is 0.317 e. The SMILES string of the molecule is CC[C@@H](CNC(=O)N1CCN(S(=O)(=O)c2ccccc2F)CC1)c1ccccc1. The zero-order valence-electron chi connectivity index (χ0n) is 16.4. The molecule has 156 valence electrons. The lowest BCUT2D eigenvalue weighted by Gasteiger charge is -2.34. The maximum absolute atomic E-state index is 13.9. The van der Waals surface area contributed by atoms with E-state index in [4.69, 9.17) is 0 Å². The first-order chi connectivity index (χ1) is 13.9. The average molecular weight is 420 g/mol. The number of urea groups is 1. The lowest BCUT2D eigenvalue weighted by Crippen LogP contribution is -2.53. The number of halogens is 1. The summed E-state index contributed by atoms with van der Waals surface area (Å²) in [4.78, 5) is 13.8. The molecule has 6 nitrogen and oxygen atoms in total. The molecule has 0 unspecified atom stereocenters. The van der Waals surface area contributed by atoms with E-state index in [0.717, 1.165) is 12.5 Å². The van der Waals surface area contributed by atoms with Crippen molar-refractivity contribution in [3.05, 3.63) is 66.0 Å². The van der Waals surface area contributed by atoms with Crippen molar-refractivity contribution in [2.75, 3.05) is 32.7 Å². The molecule has 0 saturated carbocycles. The van der Waals surface area contributed by atoms with E-state index in [1.54, 1.807) is 4.90 Å². The van der Waals surface area contributed by atoms with E-state index >= 15 is 0 Å². The molecule has 0 aromatic heterocycles. The van der Waals surface area contributed by atoms with Crippen LogP contribution in [0.2, 0.25) is 0 Å². The van der Waals surface area contributed by atoms with Crippen molar-refractivity contribution in [2.45, 2.75) is 24.2 Å². The zero-order chi connectivity index (χ0) is 20.9. The number of carbonyl (C=O) groups is 1. The maximum Gasteiger partial charge on any atom is 0.317 e. The highest BCUT2D eigenvalue weighted by molar-refractivity contribution is 7.89. The second-order valence-corrected chi connectivity index (χ2v) is 8.93. The Bertz CT molecular complexity index is 929. The number of piperazine rings is 1. The molecule has 0 spiro atoms. The Kier molecular flexibility index (Phi) is 6.87. The summed E-state index contributed by atoms with van der Waals surface area (Å²) in [6.45, 7) is 3.41. The number of hydrogen-bond donors (Lipinski definition) is 1. The summed E-state index contributed by atoms with van der Waals surface area (Å²) in [7, 11) is -3.91. The molecule has 3 rings (SSSR count). The Morgan fingerprint density at radius 2 is 1.66 bits per heavy atom. The summed E-state index contributed by atoms with van der Waals surface area (Å²) in [6, 6.07) is 15.2. The number of carbonyl (C=O) groups excluding carboxylic acids is 1. The molecule has 1 N–H and O–H groups in total. The van der Waals surface area contributed by atoms with E-state index in [1.165, 1.54) is 28.1 Å². The first-order valence-corrected chi connectivity index (χ1v) is 11.2. The topological polar surface area (TPSA) is 69.7 Å². The van der Waals surface area contributed by atoms with Crippen LogP contribution < -0.4 is 5.32 Å². The van der Waals surface area contributed by atoms with Gasteiger partial charge in [-0.2, -0.15) is 4.31 Å². The monoisotopic (exact) mass is 419 g/mol. The zero-order valence-corrected chi connectivity index (χ0v) is 17.2. The van der Waals surface area contributed by atoms with Gasteiger partial charge < -0.3 is 10.2 Å². The van der Waals surface area contributed by atoms with Crippen molar-refractivity contribution >= 4 is 16.1 Å². The van der Waals surface area contributed by atoms with Gasteiger partial charge in [0.1, 0.15) is 10.7 Å². The number of hydrogen-bond acceptors (Lipinski definition) is 3. The number of sulfonamides is 1. The van der Waals surface area contributed by atoms with Gasteiger partial charge in [0.25, 0.3) is 0 Å². The van der Waals surface area contributed by atoms with E-state index < -0.39 is 15.8 Å². The molecule has 1 saturated heterocycles. The fourth-order valence-electron chi connectivity index (χ4n) is 3.47. The molecule has 1 atom stereocenters.